The Bertz CT molecular complexity index is 646. The molecule has 0 aromatic heterocycles. The van der Waals surface area contributed by atoms with E-state index in [4.69, 9.17) is 4.74 Å². The molecule has 0 saturated carbocycles. The van der Waals surface area contributed by atoms with Crippen molar-refractivity contribution in [3.05, 3.63) is 63.9 Å². The molecule has 0 fully saturated rings. The SMILES string of the molecule is C[C@@H](NCC1Cc2cc(Br)ccc2O1)c1ccccc1F. The van der Waals surface area contributed by atoms with Gasteiger partial charge in [-0.1, -0.05) is 34.1 Å². The van der Waals surface area contributed by atoms with Crippen LogP contribution in [0.3, 0.4) is 0 Å². The average molecular weight is 350 g/mol. The molecule has 0 bridgehead atoms. The summed E-state index contributed by atoms with van der Waals surface area (Å²) >= 11 is 3.47. The minimum Gasteiger partial charge on any atom is -0.488 e. The van der Waals surface area contributed by atoms with Crippen LogP contribution in [0.4, 0.5) is 4.39 Å². The Morgan fingerprint density at radius 1 is 1.33 bits per heavy atom. The molecule has 0 amide bonds. The zero-order valence-corrected chi connectivity index (χ0v) is 13.4. The zero-order valence-electron chi connectivity index (χ0n) is 11.8. The number of benzene rings is 2. The molecule has 1 heterocycles. The molecule has 0 radical (unpaired) electrons. The smallest absolute Gasteiger partial charge is 0.127 e. The molecule has 21 heavy (non-hydrogen) atoms. The molecule has 1 N–H and O–H groups in total. The van der Waals surface area contributed by atoms with Gasteiger partial charge in [-0.15, -0.1) is 0 Å². The van der Waals surface area contributed by atoms with Crippen LogP contribution in [0.15, 0.2) is 46.9 Å². The number of halogens is 2. The molecule has 110 valence electrons. The topological polar surface area (TPSA) is 21.3 Å². The minimum atomic E-state index is -0.169. The molecule has 0 spiro atoms. The monoisotopic (exact) mass is 349 g/mol. The molecule has 4 heteroatoms. The summed E-state index contributed by atoms with van der Waals surface area (Å²) in [6.45, 7) is 2.67. The number of nitrogens with one attached hydrogen (secondary N) is 1. The van der Waals surface area contributed by atoms with E-state index in [9.17, 15) is 4.39 Å². The highest BCUT2D eigenvalue weighted by Gasteiger charge is 2.23. The summed E-state index contributed by atoms with van der Waals surface area (Å²) in [5.74, 6) is 0.778. The number of rotatable bonds is 4. The molecule has 0 saturated heterocycles. The number of fused-ring (bicyclic) bond motifs is 1. The second-order valence-corrected chi connectivity index (χ2v) is 6.26. The zero-order chi connectivity index (χ0) is 14.8. The van der Waals surface area contributed by atoms with Gasteiger partial charge < -0.3 is 10.1 Å². The first-order chi connectivity index (χ1) is 10.1. The molecule has 1 unspecified atom stereocenters. The summed E-state index contributed by atoms with van der Waals surface area (Å²) in [6.07, 6.45) is 0.981. The lowest BCUT2D eigenvalue weighted by Gasteiger charge is -2.18. The van der Waals surface area contributed by atoms with Gasteiger partial charge in [0.2, 0.25) is 0 Å². The Balaban J connectivity index is 1.59. The van der Waals surface area contributed by atoms with Crippen LogP contribution in [0.5, 0.6) is 5.75 Å². The molecule has 1 aliphatic rings. The van der Waals surface area contributed by atoms with E-state index in [1.807, 2.05) is 31.2 Å². The van der Waals surface area contributed by atoms with Crippen LogP contribution in [0.1, 0.15) is 24.1 Å². The predicted octanol–water partition coefficient (Wildman–Crippen LogP) is 4.24. The first-order valence-corrected chi connectivity index (χ1v) is 7.85. The fourth-order valence-electron chi connectivity index (χ4n) is 2.65. The summed E-state index contributed by atoms with van der Waals surface area (Å²) in [5.41, 5.74) is 1.91. The van der Waals surface area contributed by atoms with E-state index in [1.165, 1.54) is 11.6 Å². The third kappa shape index (κ3) is 3.27. The Morgan fingerprint density at radius 2 is 2.14 bits per heavy atom. The summed E-state index contributed by atoms with van der Waals surface area (Å²) in [5, 5.41) is 3.35. The Hall–Kier alpha value is -1.39. The van der Waals surface area contributed by atoms with E-state index in [0.717, 1.165) is 16.6 Å². The molecule has 1 aliphatic heterocycles. The molecular formula is C17H17BrFNO. The molecule has 2 nitrogen and oxygen atoms in total. The molecule has 2 atom stereocenters. The summed E-state index contributed by atoms with van der Waals surface area (Å²) in [4.78, 5) is 0. The van der Waals surface area contributed by atoms with Crippen molar-refractivity contribution in [2.24, 2.45) is 0 Å². The third-order valence-electron chi connectivity index (χ3n) is 3.79. The van der Waals surface area contributed by atoms with Crippen molar-refractivity contribution in [1.82, 2.24) is 5.32 Å². The number of hydrogen-bond acceptors (Lipinski definition) is 2. The highest BCUT2D eigenvalue weighted by atomic mass is 79.9. The molecule has 0 aliphatic carbocycles. The number of hydrogen-bond donors (Lipinski definition) is 1. The van der Waals surface area contributed by atoms with Gasteiger partial charge in [0.05, 0.1) is 0 Å². The van der Waals surface area contributed by atoms with Crippen LogP contribution in [0.25, 0.3) is 0 Å². The summed E-state index contributed by atoms with van der Waals surface area (Å²) in [7, 11) is 0. The van der Waals surface area contributed by atoms with Crippen LogP contribution in [-0.2, 0) is 6.42 Å². The van der Waals surface area contributed by atoms with Gasteiger partial charge in [-0.05, 0) is 36.8 Å². The first kappa shape index (κ1) is 14.5. The molecular weight excluding hydrogens is 333 g/mol. The average Bonchev–Trinajstić information content (AvgIpc) is 2.87. The van der Waals surface area contributed by atoms with Crippen LogP contribution in [0, 0.1) is 5.82 Å². The largest absolute Gasteiger partial charge is 0.488 e. The molecule has 3 rings (SSSR count). The van der Waals surface area contributed by atoms with Crippen molar-refractivity contribution in [3.63, 3.8) is 0 Å². The second-order valence-electron chi connectivity index (χ2n) is 5.35. The maximum atomic E-state index is 13.7. The molecule has 2 aromatic carbocycles. The van der Waals surface area contributed by atoms with Crippen LogP contribution >= 0.6 is 15.9 Å². The van der Waals surface area contributed by atoms with Crippen LogP contribution in [0.2, 0.25) is 0 Å². The Kier molecular flexibility index (Phi) is 4.27. The third-order valence-corrected chi connectivity index (χ3v) is 4.28. The van der Waals surface area contributed by atoms with Gasteiger partial charge in [0.25, 0.3) is 0 Å². The van der Waals surface area contributed by atoms with Gasteiger partial charge in [-0.2, -0.15) is 0 Å². The highest BCUT2D eigenvalue weighted by molar-refractivity contribution is 9.10. The fourth-order valence-corrected chi connectivity index (χ4v) is 3.06. The number of ether oxygens (including phenoxy) is 1. The Labute approximate surface area is 132 Å². The van der Waals surface area contributed by atoms with E-state index in [-0.39, 0.29) is 18.0 Å². The lowest BCUT2D eigenvalue weighted by Crippen LogP contribution is -2.32. The van der Waals surface area contributed by atoms with Crippen molar-refractivity contribution in [2.45, 2.75) is 25.5 Å². The van der Waals surface area contributed by atoms with Gasteiger partial charge in [-0.25, -0.2) is 4.39 Å². The molecule has 2 aromatic rings. The van der Waals surface area contributed by atoms with E-state index >= 15 is 0 Å². The summed E-state index contributed by atoms with van der Waals surface area (Å²) in [6, 6.07) is 12.9. The second kappa shape index (κ2) is 6.16. The normalized spacial score (nSPS) is 18.1. The lowest BCUT2D eigenvalue weighted by molar-refractivity contribution is 0.222. The van der Waals surface area contributed by atoms with Crippen molar-refractivity contribution >= 4 is 15.9 Å². The van der Waals surface area contributed by atoms with Crippen molar-refractivity contribution < 1.29 is 9.13 Å². The Morgan fingerprint density at radius 3 is 2.95 bits per heavy atom. The van der Waals surface area contributed by atoms with Gasteiger partial charge in [0, 0.05) is 29.0 Å². The predicted molar refractivity (Wildman–Crippen MR) is 85.1 cm³/mol. The maximum absolute atomic E-state index is 13.7. The maximum Gasteiger partial charge on any atom is 0.127 e. The van der Waals surface area contributed by atoms with Gasteiger partial charge >= 0.3 is 0 Å². The van der Waals surface area contributed by atoms with Gasteiger partial charge in [-0.3, -0.25) is 0 Å². The fraction of sp³-hybridized carbons (Fsp3) is 0.294. The van der Waals surface area contributed by atoms with Gasteiger partial charge in [0.1, 0.15) is 17.7 Å². The van der Waals surface area contributed by atoms with Gasteiger partial charge in [0.15, 0.2) is 0 Å². The van der Waals surface area contributed by atoms with Crippen molar-refractivity contribution in [2.75, 3.05) is 6.54 Å². The highest BCUT2D eigenvalue weighted by Crippen LogP contribution is 2.31. The van der Waals surface area contributed by atoms with E-state index in [0.29, 0.717) is 12.1 Å². The van der Waals surface area contributed by atoms with E-state index in [1.54, 1.807) is 6.07 Å². The van der Waals surface area contributed by atoms with Crippen molar-refractivity contribution in [1.29, 1.82) is 0 Å². The van der Waals surface area contributed by atoms with Crippen molar-refractivity contribution in [3.8, 4) is 5.75 Å². The lowest BCUT2D eigenvalue weighted by atomic mass is 10.1. The standard InChI is InChI=1S/C17H17BrFNO/c1-11(15-4-2-3-5-16(15)19)20-10-14-9-12-8-13(18)6-7-17(12)21-14/h2-8,11,14,20H,9-10H2,1H3/t11-,14?/m1/s1. The first-order valence-electron chi connectivity index (χ1n) is 7.06. The summed E-state index contributed by atoms with van der Waals surface area (Å²) < 4.78 is 20.7. The van der Waals surface area contributed by atoms with Crippen LogP contribution < -0.4 is 10.1 Å². The minimum absolute atomic E-state index is 0.0368. The van der Waals surface area contributed by atoms with E-state index in [2.05, 4.69) is 27.3 Å². The quantitative estimate of drug-likeness (QED) is 0.891. The van der Waals surface area contributed by atoms with Crippen LogP contribution in [-0.4, -0.2) is 12.6 Å². The van der Waals surface area contributed by atoms with E-state index < -0.39 is 0 Å².